The summed E-state index contributed by atoms with van der Waals surface area (Å²) >= 11 is 0. The first-order valence-corrected chi connectivity index (χ1v) is 6.66. The molecule has 0 aliphatic rings. The second-order valence-corrected chi connectivity index (χ2v) is 4.84. The number of aliphatic hydroxyl groups is 2. The van der Waals surface area contributed by atoms with Gasteiger partial charge in [0.2, 0.25) is 0 Å². The van der Waals surface area contributed by atoms with E-state index in [0.717, 1.165) is 17.4 Å². The van der Waals surface area contributed by atoms with E-state index in [0.29, 0.717) is 11.1 Å². The van der Waals surface area contributed by atoms with Gasteiger partial charge in [0.1, 0.15) is 11.8 Å². The number of carbonyl (C=O) groups excluding carboxylic acids is 1. The molecule has 0 saturated carbocycles. The highest BCUT2D eigenvalue weighted by atomic mass is 16.3. The normalized spacial score (nSPS) is 14.2. The minimum absolute atomic E-state index is 0.320. The third kappa shape index (κ3) is 2.84. The third-order valence-corrected chi connectivity index (χ3v) is 3.39. The van der Waals surface area contributed by atoms with Crippen molar-refractivity contribution in [1.82, 2.24) is 5.32 Å². The molecule has 0 aliphatic heterocycles. The predicted molar refractivity (Wildman–Crippen MR) is 75.6 cm³/mol. The summed E-state index contributed by atoms with van der Waals surface area (Å²) in [5.74, 6) is -0.364. The molecular weight excluding hydrogens is 258 g/mol. The van der Waals surface area contributed by atoms with Crippen LogP contribution in [0, 0.1) is 0 Å². The van der Waals surface area contributed by atoms with Gasteiger partial charge in [-0.1, -0.05) is 13.0 Å². The van der Waals surface area contributed by atoms with E-state index in [2.05, 4.69) is 5.32 Å². The van der Waals surface area contributed by atoms with Crippen LogP contribution in [-0.4, -0.2) is 34.9 Å². The second-order valence-electron chi connectivity index (χ2n) is 4.84. The second kappa shape index (κ2) is 6.07. The highest BCUT2D eigenvalue weighted by molar-refractivity contribution is 6.06. The zero-order valence-corrected chi connectivity index (χ0v) is 11.6. The summed E-state index contributed by atoms with van der Waals surface area (Å²) in [6.07, 6.45) is 1.44. The lowest BCUT2D eigenvalue weighted by atomic mass is 10.1. The minimum atomic E-state index is -0.826. The van der Waals surface area contributed by atoms with Gasteiger partial charge in [0, 0.05) is 5.39 Å². The highest BCUT2D eigenvalue weighted by Crippen LogP contribution is 2.23. The minimum Gasteiger partial charge on any atom is -0.463 e. The van der Waals surface area contributed by atoms with Crippen LogP contribution in [0.5, 0.6) is 0 Å². The summed E-state index contributed by atoms with van der Waals surface area (Å²) in [6.45, 7) is 3.24. The van der Waals surface area contributed by atoms with Crippen LogP contribution < -0.4 is 5.32 Å². The Labute approximate surface area is 117 Å². The molecule has 1 amide bonds. The van der Waals surface area contributed by atoms with E-state index >= 15 is 0 Å². The smallest absolute Gasteiger partial charge is 0.255 e. The molecule has 0 aliphatic carbocycles. The molecule has 2 aromatic rings. The lowest BCUT2D eigenvalue weighted by molar-refractivity contribution is 0.0758. The number of hydrogen-bond donors (Lipinski definition) is 3. The molecule has 0 spiro atoms. The molecule has 108 valence electrons. The molecule has 1 aromatic carbocycles. The molecule has 1 aromatic heterocycles. The fourth-order valence-electron chi connectivity index (χ4n) is 2.04. The molecule has 0 radical (unpaired) electrons. The van der Waals surface area contributed by atoms with Crippen molar-refractivity contribution in [3.8, 4) is 0 Å². The van der Waals surface area contributed by atoms with Gasteiger partial charge in [-0.05, 0) is 31.0 Å². The first-order valence-electron chi connectivity index (χ1n) is 6.66. The number of rotatable bonds is 5. The van der Waals surface area contributed by atoms with Gasteiger partial charge in [-0.25, -0.2) is 0 Å². The van der Waals surface area contributed by atoms with E-state index in [9.17, 15) is 9.90 Å². The van der Waals surface area contributed by atoms with Gasteiger partial charge in [-0.3, -0.25) is 4.79 Å². The van der Waals surface area contributed by atoms with Crippen LogP contribution in [0.15, 0.2) is 28.9 Å². The van der Waals surface area contributed by atoms with Gasteiger partial charge >= 0.3 is 0 Å². The van der Waals surface area contributed by atoms with Gasteiger partial charge in [0.05, 0.1) is 24.3 Å². The summed E-state index contributed by atoms with van der Waals surface area (Å²) < 4.78 is 5.36. The number of benzene rings is 1. The van der Waals surface area contributed by atoms with Gasteiger partial charge in [0.15, 0.2) is 0 Å². The number of nitrogens with one attached hydrogen (secondary N) is 1. The number of hydrogen-bond acceptors (Lipinski definition) is 4. The zero-order valence-electron chi connectivity index (χ0n) is 11.6. The molecule has 5 nitrogen and oxygen atoms in total. The number of furan rings is 1. The lowest BCUT2D eigenvalue weighted by Crippen LogP contribution is -2.44. The van der Waals surface area contributed by atoms with Crippen LogP contribution in [0.25, 0.3) is 11.0 Å². The van der Waals surface area contributed by atoms with Crippen molar-refractivity contribution in [2.24, 2.45) is 0 Å². The Hall–Kier alpha value is -1.85. The standard InChI is InChI=1S/C15H19NO4/c1-3-10-4-5-14-11(6-10)12(8-20-14)15(19)16-13(7-17)9(2)18/h4-6,8-9,13,17-18H,3,7H2,1-2H3,(H,16,19)/t9-,13-/m1/s1. The van der Waals surface area contributed by atoms with E-state index in [4.69, 9.17) is 9.52 Å². The zero-order chi connectivity index (χ0) is 14.7. The van der Waals surface area contributed by atoms with E-state index in [-0.39, 0.29) is 12.5 Å². The van der Waals surface area contributed by atoms with Crippen LogP contribution in [0.2, 0.25) is 0 Å². The maximum absolute atomic E-state index is 12.2. The van der Waals surface area contributed by atoms with Gasteiger partial charge in [0.25, 0.3) is 5.91 Å². The van der Waals surface area contributed by atoms with Gasteiger partial charge in [-0.2, -0.15) is 0 Å². The summed E-state index contributed by atoms with van der Waals surface area (Å²) in [7, 11) is 0. The Bertz CT molecular complexity index is 603. The van der Waals surface area contributed by atoms with Crippen LogP contribution in [0.4, 0.5) is 0 Å². The van der Waals surface area contributed by atoms with E-state index < -0.39 is 12.1 Å². The van der Waals surface area contributed by atoms with Crippen LogP contribution in [0.3, 0.4) is 0 Å². The quantitative estimate of drug-likeness (QED) is 0.773. The number of aryl methyl sites for hydroxylation is 1. The van der Waals surface area contributed by atoms with E-state index in [1.165, 1.54) is 13.2 Å². The predicted octanol–water partition coefficient (Wildman–Crippen LogP) is 1.47. The molecule has 0 unspecified atom stereocenters. The molecule has 3 N–H and O–H groups in total. The van der Waals surface area contributed by atoms with Crippen LogP contribution in [0.1, 0.15) is 29.8 Å². The maximum atomic E-state index is 12.2. The van der Waals surface area contributed by atoms with Crippen molar-refractivity contribution in [3.63, 3.8) is 0 Å². The Balaban J connectivity index is 2.30. The molecule has 20 heavy (non-hydrogen) atoms. The monoisotopic (exact) mass is 277 g/mol. The molecule has 2 atom stereocenters. The Morgan fingerprint density at radius 1 is 1.45 bits per heavy atom. The summed E-state index contributed by atoms with van der Waals surface area (Å²) in [6, 6.07) is 5.02. The number of aliphatic hydroxyl groups excluding tert-OH is 2. The summed E-state index contributed by atoms with van der Waals surface area (Å²) in [5.41, 5.74) is 2.17. The number of fused-ring (bicyclic) bond motifs is 1. The summed E-state index contributed by atoms with van der Waals surface area (Å²) in [4.78, 5) is 12.2. The fourth-order valence-corrected chi connectivity index (χ4v) is 2.04. The first kappa shape index (κ1) is 14.6. The molecule has 0 fully saturated rings. The summed E-state index contributed by atoms with van der Waals surface area (Å²) in [5, 5.41) is 21.9. The van der Waals surface area contributed by atoms with Crippen molar-refractivity contribution >= 4 is 16.9 Å². The molecule has 1 heterocycles. The Morgan fingerprint density at radius 2 is 2.20 bits per heavy atom. The SMILES string of the molecule is CCc1ccc2occ(C(=O)N[C@H](CO)[C@@H](C)O)c2c1. The Kier molecular flexibility index (Phi) is 4.42. The average Bonchev–Trinajstić information content (AvgIpc) is 2.86. The number of carbonyl (C=O) groups is 1. The van der Waals surface area contributed by atoms with Crippen molar-refractivity contribution in [2.45, 2.75) is 32.4 Å². The van der Waals surface area contributed by atoms with Crippen molar-refractivity contribution < 1.29 is 19.4 Å². The van der Waals surface area contributed by atoms with Crippen molar-refractivity contribution in [3.05, 3.63) is 35.6 Å². The Morgan fingerprint density at radius 3 is 2.80 bits per heavy atom. The van der Waals surface area contributed by atoms with Crippen LogP contribution >= 0.6 is 0 Å². The average molecular weight is 277 g/mol. The molecule has 2 rings (SSSR count). The van der Waals surface area contributed by atoms with Gasteiger partial charge < -0.3 is 19.9 Å². The van der Waals surface area contributed by atoms with E-state index in [1.54, 1.807) is 0 Å². The molecular formula is C15H19NO4. The van der Waals surface area contributed by atoms with E-state index in [1.807, 2.05) is 25.1 Å². The van der Waals surface area contributed by atoms with Gasteiger partial charge in [-0.15, -0.1) is 0 Å². The first-order chi connectivity index (χ1) is 9.56. The maximum Gasteiger partial charge on any atom is 0.255 e. The topological polar surface area (TPSA) is 82.7 Å². The molecule has 0 bridgehead atoms. The molecule has 5 heteroatoms. The molecule has 0 saturated heterocycles. The fraction of sp³-hybridized carbons (Fsp3) is 0.400. The highest BCUT2D eigenvalue weighted by Gasteiger charge is 2.20. The number of amides is 1. The van der Waals surface area contributed by atoms with Crippen molar-refractivity contribution in [1.29, 1.82) is 0 Å². The largest absolute Gasteiger partial charge is 0.463 e. The third-order valence-electron chi connectivity index (χ3n) is 3.39. The van der Waals surface area contributed by atoms with Crippen molar-refractivity contribution in [2.75, 3.05) is 6.61 Å². The lowest BCUT2D eigenvalue weighted by Gasteiger charge is -2.18. The van der Waals surface area contributed by atoms with Crippen LogP contribution in [-0.2, 0) is 6.42 Å².